The van der Waals surface area contributed by atoms with Crippen LogP contribution in [0.4, 0.5) is 0 Å². The number of sulfonamides is 1. The summed E-state index contributed by atoms with van der Waals surface area (Å²) >= 11 is 0. The third-order valence-electron chi connectivity index (χ3n) is 4.72. The smallest absolute Gasteiger partial charge is 0.264 e. The van der Waals surface area contributed by atoms with Gasteiger partial charge in [0.05, 0.1) is 4.90 Å². The molecule has 0 unspecified atom stereocenters. The molecule has 2 aliphatic rings. The van der Waals surface area contributed by atoms with E-state index < -0.39 is 10.0 Å². The van der Waals surface area contributed by atoms with E-state index in [1.807, 2.05) is 19.1 Å². The van der Waals surface area contributed by atoms with Crippen molar-refractivity contribution in [2.24, 2.45) is 5.41 Å². The first-order valence-corrected chi connectivity index (χ1v) is 9.54. The number of nitrogens with zero attached hydrogens (tertiary/aromatic N) is 1. The maximum absolute atomic E-state index is 13.1. The quantitative estimate of drug-likeness (QED) is 0.817. The van der Waals surface area contributed by atoms with Crippen molar-refractivity contribution in [1.29, 1.82) is 0 Å². The van der Waals surface area contributed by atoms with Crippen molar-refractivity contribution < 1.29 is 8.42 Å². The molecule has 0 saturated heterocycles. The Morgan fingerprint density at radius 1 is 1.05 bits per heavy atom. The zero-order valence-electron chi connectivity index (χ0n) is 13.7. The molecule has 0 spiro atoms. The van der Waals surface area contributed by atoms with Gasteiger partial charge in [-0.2, -0.15) is 0 Å². The van der Waals surface area contributed by atoms with Gasteiger partial charge in [-0.3, -0.25) is 4.31 Å². The molecule has 1 heterocycles. The third kappa shape index (κ3) is 2.81. The van der Waals surface area contributed by atoms with Crippen molar-refractivity contribution in [2.75, 3.05) is 6.54 Å². The second-order valence-electron chi connectivity index (χ2n) is 7.42. The lowest BCUT2D eigenvalue weighted by atomic mass is 9.78. The molecule has 1 aliphatic heterocycles. The predicted molar refractivity (Wildman–Crippen MR) is 89.0 cm³/mol. The fourth-order valence-electron chi connectivity index (χ4n) is 3.63. The van der Waals surface area contributed by atoms with E-state index in [1.54, 1.807) is 16.4 Å². The minimum absolute atomic E-state index is 0.00788. The van der Waals surface area contributed by atoms with E-state index in [0.717, 1.165) is 36.9 Å². The summed E-state index contributed by atoms with van der Waals surface area (Å²) in [5.74, 6) is 0. The summed E-state index contributed by atoms with van der Waals surface area (Å²) in [6, 6.07) is 7.21. The van der Waals surface area contributed by atoms with Gasteiger partial charge in [0.2, 0.25) is 0 Å². The fraction of sp³-hybridized carbons (Fsp3) is 0.556. The first kappa shape index (κ1) is 15.6. The van der Waals surface area contributed by atoms with Gasteiger partial charge in [0, 0.05) is 12.2 Å². The summed E-state index contributed by atoms with van der Waals surface area (Å²) in [5, 5.41) is 0. The molecule has 1 aliphatic carbocycles. The molecular weight excluding hydrogens is 294 g/mol. The lowest BCUT2D eigenvalue weighted by Gasteiger charge is -2.43. The number of hydrogen-bond acceptors (Lipinski definition) is 2. The van der Waals surface area contributed by atoms with Crippen LogP contribution in [0.3, 0.4) is 0 Å². The van der Waals surface area contributed by atoms with Crippen molar-refractivity contribution >= 4 is 10.0 Å². The molecule has 0 fully saturated rings. The highest BCUT2D eigenvalue weighted by Crippen LogP contribution is 2.43. The van der Waals surface area contributed by atoms with Gasteiger partial charge >= 0.3 is 0 Å². The van der Waals surface area contributed by atoms with Crippen LogP contribution in [0.2, 0.25) is 0 Å². The normalized spacial score (nSPS) is 21.7. The van der Waals surface area contributed by atoms with Gasteiger partial charge in [0.25, 0.3) is 10.0 Å². The molecule has 0 amide bonds. The van der Waals surface area contributed by atoms with E-state index in [4.69, 9.17) is 0 Å². The lowest BCUT2D eigenvalue weighted by Crippen LogP contribution is -2.43. The van der Waals surface area contributed by atoms with Crippen LogP contribution in [0.15, 0.2) is 40.4 Å². The molecule has 0 aromatic heterocycles. The Bertz CT molecular complexity index is 699. The summed E-state index contributed by atoms with van der Waals surface area (Å²) in [6.45, 7) is 6.90. The molecule has 1 aromatic carbocycles. The molecule has 3 nitrogen and oxygen atoms in total. The molecule has 0 atom stereocenters. The molecule has 22 heavy (non-hydrogen) atoms. The molecule has 0 saturated carbocycles. The van der Waals surface area contributed by atoms with Crippen LogP contribution in [0.5, 0.6) is 0 Å². The number of aryl methyl sites for hydroxylation is 1. The van der Waals surface area contributed by atoms with Gasteiger partial charge in [-0.1, -0.05) is 31.5 Å². The highest BCUT2D eigenvalue weighted by Gasteiger charge is 2.38. The molecule has 0 bridgehead atoms. The van der Waals surface area contributed by atoms with Crippen LogP contribution in [0.1, 0.15) is 51.5 Å². The van der Waals surface area contributed by atoms with Crippen LogP contribution in [0, 0.1) is 12.3 Å². The molecular formula is C18H25NO2S. The van der Waals surface area contributed by atoms with Crippen LogP contribution in [0.25, 0.3) is 0 Å². The lowest BCUT2D eigenvalue weighted by molar-refractivity contribution is 0.241. The standard InChI is InChI=1S/C18H25NO2S/c1-14-8-10-16(11-9-14)22(20,21)19-13-18(2,3)12-15-6-4-5-7-17(15)19/h8-11H,4-7,12-13H2,1-3H3. The van der Waals surface area contributed by atoms with Crippen LogP contribution in [-0.2, 0) is 10.0 Å². The zero-order chi connectivity index (χ0) is 16.0. The summed E-state index contributed by atoms with van der Waals surface area (Å²) in [6.07, 6.45) is 5.27. The molecule has 3 rings (SSSR count). The van der Waals surface area contributed by atoms with E-state index in [-0.39, 0.29) is 5.41 Å². The minimum atomic E-state index is -3.44. The molecule has 0 N–H and O–H groups in total. The van der Waals surface area contributed by atoms with E-state index in [0.29, 0.717) is 11.4 Å². The van der Waals surface area contributed by atoms with Gasteiger partial charge < -0.3 is 0 Å². The monoisotopic (exact) mass is 319 g/mol. The van der Waals surface area contributed by atoms with Crippen LogP contribution >= 0.6 is 0 Å². The first-order chi connectivity index (χ1) is 10.3. The van der Waals surface area contributed by atoms with Gasteiger partial charge in [-0.05, 0) is 62.1 Å². The Hall–Kier alpha value is -1.29. The molecule has 4 heteroatoms. The number of benzene rings is 1. The molecule has 0 radical (unpaired) electrons. The highest BCUT2D eigenvalue weighted by atomic mass is 32.2. The Kier molecular flexibility index (Phi) is 3.84. The Labute approximate surface area is 134 Å². The van der Waals surface area contributed by atoms with Crippen molar-refractivity contribution in [3.63, 3.8) is 0 Å². The summed E-state index contributed by atoms with van der Waals surface area (Å²) in [7, 11) is -3.44. The summed E-state index contributed by atoms with van der Waals surface area (Å²) < 4.78 is 28.0. The third-order valence-corrected chi connectivity index (χ3v) is 6.52. The van der Waals surface area contributed by atoms with Crippen molar-refractivity contribution in [1.82, 2.24) is 4.31 Å². The van der Waals surface area contributed by atoms with Crippen molar-refractivity contribution in [3.05, 3.63) is 41.1 Å². The van der Waals surface area contributed by atoms with Gasteiger partial charge in [-0.15, -0.1) is 0 Å². The van der Waals surface area contributed by atoms with Crippen LogP contribution in [-0.4, -0.2) is 19.3 Å². The van der Waals surface area contributed by atoms with Crippen LogP contribution < -0.4 is 0 Å². The SMILES string of the molecule is Cc1ccc(S(=O)(=O)N2CC(C)(C)CC3=C2CCCC3)cc1. The van der Waals surface area contributed by atoms with E-state index in [9.17, 15) is 8.42 Å². The Morgan fingerprint density at radius 3 is 2.36 bits per heavy atom. The molecule has 1 aromatic rings. The first-order valence-electron chi connectivity index (χ1n) is 8.10. The van der Waals surface area contributed by atoms with E-state index >= 15 is 0 Å². The van der Waals surface area contributed by atoms with Gasteiger partial charge in [0.15, 0.2) is 0 Å². The van der Waals surface area contributed by atoms with Gasteiger partial charge in [0.1, 0.15) is 0 Å². The topological polar surface area (TPSA) is 37.4 Å². The summed E-state index contributed by atoms with van der Waals surface area (Å²) in [4.78, 5) is 0.410. The highest BCUT2D eigenvalue weighted by molar-refractivity contribution is 7.89. The predicted octanol–water partition coefficient (Wildman–Crippen LogP) is 4.24. The van der Waals surface area contributed by atoms with Crippen molar-refractivity contribution in [2.45, 2.75) is 57.8 Å². The Morgan fingerprint density at radius 2 is 1.68 bits per heavy atom. The maximum Gasteiger partial charge on any atom is 0.264 e. The second kappa shape index (κ2) is 5.41. The van der Waals surface area contributed by atoms with E-state index in [1.165, 1.54) is 12.0 Å². The minimum Gasteiger partial charge on any atom is -0.270 e. The summed E-state index contributed by atoms with van der Waals surface area (Å²) in [5.41, 5.74) is 3.52. The average molecular weight is 319 g/mol. The second-order valence-corrected chi connectivity index (χ2v) is 9.29. The largest absolute Gasteiger partial charge is 0.270 e. The zero-order valence-corrected chi connectivity index (χ0v) is 14.5. The fourth-order valence-corrected chi connectivity index (χ4v) is 5.39. The average Bonchev–Trinajstić information content (AvgIpc) is 2.46. The van der Waals surface area contributed by atoms with Crippen molar-refractivity contribution in [3.8, 4) is 0 Å². The molecule has 120 valence electrons. The number of rotatable bonds is 2. The van der Waals surface area contributed by atoms with Gasteiger partial charge in [-0.25, -0.2) is 8.42 Å². The van der Waals surface area contributed by atoms with E-state index in [2.05, 4.69) is 13.8 Å². The Balaban J connectivity index is 2.06. The number of allylic oxidation sites excluding steroid dienone is 2. The maximum atomic E-state index is 13.1. The number of hydrogen-bond donors (Lipinski definition) is 0.